The van der Waals surface area contributed by atoms with Gasteiger partial charge in [-0.2, -0.15) is 8.42 Å². The topological polar surface area (TPSA) is 98.9 Å². The van der Waals surface area contributed by atoms with Gasteiger partial charge in [-0.25, -0.2) is 0 Å². The molecule has 0 aliphatic heterocycles. The fraction of sp³-hybridized carbons (Fsp3) is 0.600. The number of hydrogen-bond acceptors (Lipinski definition) is 5. The summed E-state index contributed by atoms with van der Waals surface area (Å²) in [7, 11) is -3.67. The first kappa shape index (κ1) is 20.7. The van der Waals surface area contributed by atoms with E-state index in [2.05, 4.69) is 6.92 Å². The van der Waals surface area contributed by atoms with Gasteiger partial charge in [0, 0.05) is 18.9 Å². The molecule has 1 aromatic carbocycles. The third-order valence-corrected chi connectivity index (χ3v) is 2.43. The van der Waals surface area contributed by atoms with E-state index in [1.54, 1.807) is 0 Å². The first-order valence-corrected chi connectivity index (χ1v) is 9.16. The Kier molecular flexibility index (Phi) is 11.5. The molecule has 0 unspecified atom stereocenters. The number of anilines is 1. The zero-order chi connectivity index (χ0) is 16.8. The largest absolute Gasteiger partial charge is 0.494 e. The highest BCUT2D eigenvalue weighted by Crippen LogP contribution is 2.13. The van der Waals surface area contributed by atoms with Gasteiger partial charge in [-0.1, -0.05) is 6.92 Å². The second-order valence-electron chi connectivity index (χ2n) is 4.82. The van der Waals surface area contributed by atoms with Crippen molar-refractivity contribution in [2.24, 2.45) is 0 Å². The van der Waals surface area contributed by atoms with Crippen molar-refractivity contribution >= 4 is 15.8 Å². The molecule has 1 aromatic rings. The van der Waals surface area contributed by atoms with E-state index in [1.807, 2.05) is 24.3 Å². The minimum absolute atomic E-state index is 0.715. The molecule has 0 bridgehead atoms. The van der Waals surface area contributed by atoms with Gasteiger partial charge in [-0.3, -0.25) is 4.55 Å². The molecule has 7 heteroatoms. The van der Waals surface area contributed by atoms with Crippen LogP contribution in [0.15, 0.2) is 24.3 Å². The minimum Gasteiger partial charge on any atom is -0.494 e. The van der Waals surface area contributed by atoms with E-state index in [0.717, 1.165) is 56.9 Å². The number of unbranched alkanes of at least 4 members (excludes halogenated alkanes) is 2. The second-order valence-corrected chi connectivity index (χ2v) is 6.29. The molecule has 0 fully saturated rings. The van der Waals surface area contributed by atoms with Crippen molar-refractivity contribution in [1.82, 2.24) is 0 Å². The zero-order valence-electron chi connectivity index (χ0n) is 13.3. The monoisotopic (exact) mass is 333 g/mol. The Labute approximate surface area is 133 Å². The summed E-state index contributed by atoms with van der Waals surface area (Å²) in [5.41, 5.74) is 6.36. The number of benzene rings is 1. The third-order valence-electron chi connectivity index (χ3n) is 2.43. The van der Waals surface area contributed by atoms with E-state index >= 15 is 0 Å². The third kappa shape index (κ3) is 16.7. The normalized spacial score (nSPS) is 10.7. The standard InChI is InChI=1S/C14H23NO2.CH4O3S/c1-2-10-16-11-4-3-5-12-17-14-8-6-13(15)7-9-14;1-5(2,3)4/h6-9H,2-5,10-12,15H2,1H3;1H3,(H,2,3,4). The summed E-state index contributed by atoms with van der Waals surface area (Å²) in [5.74, 6) is 0.890. The Hall–Kier alpha value is -1.31. The average molecular weight is 333 g/mol. The van der Waals surface area contributed by atoms with Crippen LogP contribution in [0.2, 0.25) is 0 Å². The Morgan fingerprint density at radius 3 is 2.14 bits per heavy atom. The SMILES string of the molecule is CCCOCCCCCOc1ccc(N)cc1.CS(=O)(=O)O. The predicted octanol–water partition coefficient (Wildman–Crippen LogP) is 2.75. The highest BCUT2D eigenvalue weighted by molar-refractivity contribution is 7.85. The number of ether oxygens (including phenoxy) is 2. The summed E-state index contributed by atoms with van der Waals surface area (Å²) >= 11 is 0. The number of rotatable bonds is 9. The summed E-state index contributed by atoms with van der Waals surface area (Å²) in [6, 6.07) is 7.52. The summed E-state index contributed by atoms with van der Waals surface area (Å²) in [6.45, 7) is 4.63. The molecule has 0 saturated carbocycles. The highest BCUT2D eigenvalue weighted by atomic mass is 32.2. The molecular formula is C15H27NO5S. The fourth-order valence-corrected chi connectivity index (χ4v) is 1.48. The van der Waals surface area contributed by atoms with Crippen molar-refractivity contribution in [3.8, 4) is 5.75 Å². The molecule has 0 aromatic heterocycles. The van der Waals surface area contributed by atoms with Gasteiger partial charge in [0.15, 0.2) is 0 Å². The molecule has 0 atom stereocenters. The van der Waals surface area contributed by atoms with Crippen LogP contribution in [-0.4, -0.2) is 39.0 Å². The van der Waals surface area contributed by atoms with Crippen molar-refractivity contribution in [2.45, 2.75) is 32.6 Å². The quantitative estimate of drug-likeness (QED) is 0.409. The molecule has 0 heterocycles. The van der Waals surface area contributed by atoms with Crippen molar-refractivity contribution < 1.29 is 22.4 Å². The van der Waals surface area contributed by atoms with Gasteiger partial charge in [-0.15, -0.1) is 0 Å². The molecule has 0 saturated heterocycles. The van der Waals surface area contributed by atoms with Gasteiger partial charge in [-0.05, 0) is 49.9 Å². The van der Waals surface area contributed by atoms with Gasteiger partial charge in [0.05, 0.1) is 12.9 Å². The molecule has 6 nitrogen and oxygen atoms in total. The molecule has 0 aliphatic rings. The number of hydrogen-bond donors (Lipinski definition) is 2. The average Bonchev–Trinajstić information content (AvgIpc) is 2.42. The van der Waals surface area contributed by atoms with Crippen molar-refractivity contribution in [3.05, 3.63) is 24.3 Å². The lowest BCUT2D eigenvalue weighted by atomic mass is 10.2. The Balaban J connectivity index is 0.000000763. The van der Waals surface area contributed by atoms with E-state index in [1.165, 1.54) is 0 Å². The van der Waals surface area contributed by atoms with E-state index in [-0.39, 0.29) is 0 Å². The lowest BCUT2D eigenvalue weighted by molar-refractivity contribution is 0.129. The zero-order valence-corrected chi connectivity index (χ0v) is 14.1. The van der Waals surface area contributed by atoms with Gasteiger partial charge >= 0.3 is 0 Å². The van der Waals surface area contributed by atoms with E-state index in [4.69, 9.17) is 19.8 Å². The Morgan fingerprint density at radius 1 is 1.05 bits per heavy atom. The van der Waals surface area contributed by atoms with Crippen LogP contribution in [0.5, 0.6) is 5.75 Å². The molecule has 0 aliphatic carbocycles. The molecular weight excluding hydrogens is 306 g/mol. The van der Waals surface area contributed by atoms with E-state index in [9.17, 15) is 8.42 Å². The maximum Gasteiger partial charge on any atom is 0.261 e. The van der Waals surface area contributed by atoms with Crippen molar-refractivity contribution in [2.75, 3.05) is 31.8 Å². The van der Waals surface area contributed by atoms with Crippen LogP contribution in [0.4, 0.5) is 5.69 Å². The van der Waals surface area contributed by atoms with Crippen LogP contribution in [0.3, 0.4) is 0 Å². The lowest BCUT2D eigenvalue weighted by Gasteiger charge is -2.06. The van der Waals surface area contributed by atoms with Crippen LogP contribution in [0, 0.1) is 0 Å². The fourth-order valence-electron chi connectivity index (χ4n) is 1.48. The van der Waals surface area contributed by atoms with Crippen molar-refractivity contribution in [3.63, 3.8) is 0 Å². The molecule has 0 amide bonds. The molecule has 0 spiro atoms. The number of nitrogens with two attached hydrogens (primary N) is 1. The Morgan fingerprint density at radius 2 is 1.59 bits per heavy atom. The molecule has 3 N–H and O–H groups in total. The van der Waals surface area contributed by atoms with E-state index < -0.39 is 10.1 Å². The maximum atomic E-state index is 9.19. The minimum atomic E-state index is -3.67. The summed E-state index contributed by atoms with van der Waals surface area (Å²) in [6.07, 6.45) is 5.15. The number of nitrogen functional groups attached to an aromatic ring is 1. The van der Waals surface area contributed by atoms with Gasteiger partial charge in [0.2, 0.25) is 0 Å². The van der Waals surface area contributed by atoms with Crippen LogP contribution in [-0.2, 0) is 14.9 Å². The molecule has 0 radical (unpaired) electrons. The molecule has 1 rings (SSSR count). The van der Waals surface area contributed by atoms with Gasteiger partial charge in [0.1, 0.15) is 5.75 Å². The van der Waals surface area contributed by atoms with E-state index in [0.29, 0.717) is 6.26 Å². The van der Waals surface area contributed by atoms with Crippen LogP contribution in [0.25, 0.3) is 0 Å². The summed E-state index contributed by atoms with van der Waals surface area (Å²) < 4.78 is 36.9. The van der Waals surface area contributed by atoms with Gasteiger partial charge < -0.3 is 15.2 Å². The first-order valence-electron chi connectivity index (χ1n) is 7.31. The van der Waals surface area contributed by atoms with Crippen LogP contribution in [0.1, 0.15) is 32.6 Å². The molecule has 22 heavy (non-hydrogen) atoms. The van der Waals surface area contributed by atoms with Crippen molar-refractivity contribution in [1.29, 1.82) is 0 Å². The highest BCUT2D eigenvalue weighted by Gasteiger charge is 1.94. The summed E-state index contributed by atoms with van der Waals surface area (Å²) in [4.78, 5) is 0. The Bertz CT molecular complexity index is 465. The van der Waals surface area contributed by atoms with Gasteiger partial charge in [0.25, 0.3) is 10.1 Å². The summed E-state index contributed by atoms with van der Waals surface area (Å²) in [5, 5.41) is 0. The lowest BCUT2D eigenvalue weighted by Crippen LogP contribution is -2.00. The van der Waals surface area contributed by atoms with Crippen LogP contribution < -0.4 is 10.5 Å². The second kappa shape index (κ2) is 12.3. The first-order chi connectivity index (χ1) is 10.3. The maximum absolute atomic E-state index is 9.19. The predicted molar refractivity (Wildman–Crippen MR) is 88.8 cm³/mol. The molecule has 128 valence electrons. The van der Waals surface area contributed by atoms with Crippen LogP contribution >= 0.6 is 0 Å². The smallest absolute Gasteiger partial charge is 0.261 e.